The number of nitriles is 1. The monoisotopic (exact) mass is 293 g/mol. The van der Waals surface area contributed by atoms with E-state index in [1.54, 1.807) is 0 Å². The predicted molar refractivity (Wildman–Crippen MR) is 85.3 cm³/mol. The minimum atomic E-state index is -0.374. The van der Waals surface area contributed by atoms with Crippen LogP contribution < -0.4 is 0 Å². The molecule has 1 aliphatic heterocycles. The number of benzene rings is 1. The maximum atomic E-state index is 9.61. The molecule has 0 radical (unpaired) electrons. The second-order valence-electron chi connectivity index (χ2n) is 5.38. The van der Waals surface area contributed by atoms with Crippen molar-refractivity contribution in [2.24, 2.45) is 5.10 Å². The highest BCUT2D eigenvalue weighted by molar-refractivity contribution is 6.01. The number of hydrogen-bond acceptors (Lipinski definition) is 4. The van der Waals surface area contributed by atoms with Crippen LogP contribution in [-0.4, -0.2) is 27.0 Å². The summed E-state index contributed by atoms with van der Waals surface area (Å²) in [5.41, 5.74) is 4.02. The van der Waals surface area contributed by atoms with Gasteiger partial charge in [0.1, 0.15) is 0 Å². The van der Waals surface area contributed by atoms with Gasteiger partial charge in [0, 0.05) is 31.3 Å². The van der Waals surface area contributed by atoms with Crippen molar-refractivity contribution >= 4 is 5.71 Å². The molecule has 1 aromatic carbocycles. The molecule has 112 valence electrons. The largest absolute Gasteiger partial charge is 0.274 e. The van der Waals surface area contributed by atoms with Crippen LogP contribution in [0.1, 0.15) is 36.2 Å². The van der Waals surface area contributed by atoms with Crippen molar-refractivity contribution in [2.75, 3.05) is 6.54 Å². The Morgan fingerprint density at radius 2 is 2.09 bits per heavy atom. The average molecular weight is 293 g/mol. The van der Waals surface area contributed by atoms with Gasteiger partial charge in [0.2, 0.25) is 0 Å². The normalized spacial score (nSPS) is 15.5. The molecule has 1 aromatic heterocycles. The topological polar surface area (TPSA) is 57.2 Å². The maximum Gasteiger partial charge on any atom is 0.161 e. The van der Waals surface area contributed by atoms with Crippen LogP contribution in [0.25, 0.3) is 0 Å². The van der Waals surface area contributed by atoms with Crippen LogP contribution in [-0.2, 0) is 6.54 Å². The van der Waals surface area contributed by atoms with Crippen LogP contribution in [0.3, 0.4) is 0 Å². The Labute approximate surface area is 130 Å². The number of aromatic nitrogens is 2. The first kappa shape index (κ1) is 14.3. The summed E-state index contributed by atoms with van der Waals surface area (Å²) in [5.74, 6) is 0. The minimum absolute atomic E-state index is 0.374. The second kappa shape index (κ2) is 6.02. The van der Waals surface area contributed by atoms with E-state index in [2.05, 4.69) is 28.4 Å². The quantitative estimate of drug-likeness (QED) is 0.871. The lowest BCUT2D eigenvalue weighted by Crippen LogP contribution is -2.20. The first-order valence-corrected chi connectivity index (χ1v) is 7.56. The summed E-state index contributed by atoms with van der Waals surface area (Å²) < 4.78 is 1.87. The van der Waals surface area contributed by atoms with Crippen LogP contribution in [0, 0.1) is 18.3 Å². The van der Waals surface area contributed by atoms with E-state index in [0.29, 0.717) is 0 Å². The molecular weight excluding hydrogens is 274 g/mol. The zero-order valence-electron chi connectivity index (χ0n) is 12.9. The van der Waals surface area contributed by atoms with Gasteiger partial charge in [0.15, 0.2) is 6.04 Å². The lowest BCUT2D eigenvalue weighted by molar-refractivity contribution is 0.274. The van der Waals surface area contributed by atoms with Gasteiger partial charge in [-0.25, -0.2) is 0 Å². The molecule has 0 aliphatic carbocycles. The van der Waals surface area contributed by atoms with Crippen molar-refractivity contribution in [3.8, 4) is 6.07 Å². The lowest BCUT2D eigenvalue weighted by atomic mass is 10.1. The highest BCUT2D eigenvalue weighted by Crippen LogP contribution is 2.27. The first-order valence-electron chi connectivity index (χ1n) is 7.56. The van der Waals surface area contributed by atoms with Crippen LogP contribution >= 0.6 is 0 Å². The van der Waals surface area contributed by atoms with Crippen LogP contribution in [0.15, 0.2) is 41.6 Å². The number of nitrogens with zero attached hydrogens (tertiary/aromatic N) is 5. The molecule has 0 saturated carbocycles. The standard InChI is InChI=1S/C17H19N5/c1-3-21-12-15(13(2)19-21)17(11-18)22-10-9-16(20-22)14-7-5-4-6-8-14/h4-8,12,17H,3,9-10H2,1-2H3/t17-/m1/s1. The summed E-state index contributed by atoms with van der Waals surface area (Å²) in [7, 11) is 0. The highest BCUT2D eigenvalue weighted by Gasteiger charge is 2.27. The van der Waals surface area contributed by atoms with Gasteiger partial charge in [-0.1, -0.05) is 30.3 Å². The Balaban J connectivity index is 1.88. The van der Waals surface area contributed by atoms with Gasteiger partial charge in [-0.2, -0.15) is 15.5 Å². The zero-order valence-corrected chi connectivity index (χ0v) is 12.9. The predicted octanol–water partition coefficient (Wildman–Crippen LogP) is 2.89. The van der Waals surface area contributed by atoms with Crippen molar-refractivity contribution in [3.05, 3.63) is 53.3 Å². The molecule has 2 heterocycles. The maximum absolute atomic E-state index is 9.61. The van der Waals surface area contributed by atoms with Crippen molar-refractivity contribution in [1.82, 2.24) is 14.8 Å². The Hall–Kier alpha value is -2.61. The number of hydrogen-bond donors (Lipinski definition) is 0. The average Bonchev–Trinajstić information content (AvgIpc) is 3.17. The highest BCUT2D eigenvalue weighted by atomic mass is 15.5. The van der Waals surface area contributed by atoms with Crippen LogP contribution in [0.5, 0.6) is 0 Å². The lowest BCUT2D eigenvalue weighted by Gasteiger charge is -2.19. The fourth-order valence-electron chi connectivity index (χ4n) is 2.76. The molecule has 5 nitrogen and oxygen atoms in total. The minimum Gasteiger partial charge on any atom is -0.274 e. The van der Waals surface area contributed by atoms with Crippen molar-refractivity contribution in [1.29, 1.82) is 5.26 Å². The zero-order chi connectivity index (χ0) is 15.5. The summed E-state index contributed by atoms with van der Waals surface area (Å²) in [6.45, 7) is 5.56. The van der Waals surface area contributed by atoms with Gasteiger partial charge in [-0.3, -0.25) is 9.69 Å². The molecule has 1 atom stereocenters. The summed E-state index contributed by atoms with van der Waals surface area (Å²) in [6.07, 6.45) is 2.82. The van der Waals surface area contributed by atoms with E-state index in [0.717, 1.165) is 42.0 Å². The molecule has 0 saturated heterocycles. The third kappa shape index (κ3) is 2.60. The molecule has 0 unspecified atom stereocenters. The Kier molecular flexibility index (Phi) is 3.92. The molecule has 0 bridgehead atoms. The van der Waals surface area contributed by atoms with Gasteiger partial charge >= 0.3 is 0 Å². The Bertz CT molecular complexity index is 723. The van der Waals surface area contributed by atoms with Gasteiger partial charge in [0.05, 0.1) is 17.5 Å². The molecule has 1 aliphatic rings. The van der Waals surface area contributed by atoms with Gasteiger partial charge in [-0.15, -0.1) is 0 Å². The fraction of sp³-hybridized carbons (Fsp3) is 0.353. The van der Waals surface area contributed by atoms with E-state index in [1.807, 2.05) is 47.9 Å². The van der Waals surface area contributed by atoms with E-state index in [1.165, 1.54) is 0 Å². The van der Waals surface area contributed by atoms with Crippen LogP contribution in [0.2, 0.25) is 0 Å². The molecule has 5 heteroatoms. The van der Waals surface area contributed by atoms with Crippen molar-refractivity contribution in [2.45, 2.75) is 32.9 Å². The number of rotatable bonds is 4. The van der Waals surface area contributed by atoms with E-state index in [-0.39, 0.29) is 6.04 Å². The molecule has 0 amide bonds. The molecule has 0 N–H and O–H groups in total. The van der Waals surface area contributed by atoms with Gasteiger partial charge in [-0.05, 0) is 19.4 Å². The molecule has 0 spiro atoms. The Morgan fingerprint density at radius 1 is 1.32 bits per heavy atom. The first-order chi connectivity index (χ1) is 10.7. The molecular formula is C17H19N5. The second-order valence-corrected chi connectivity index (χ2v) is 5.38. The number of hydrazone groups is 1. The molecule has 2 aromatic rings. The van der Waals surface area contributed by atoms with E-state index < -0.39 is 0 Å². The summed E-state index contributed by atoms with van der Waals surface area (Å²) in [4.78, 5) is 0. The SMILES string of the molecule is CCn1cc([C@@H](C#N)N2CCC(c3ccccc3)=N2)c(C)n1. The molecule has 3 rings (SSSR count). The van der Waals surface area contributed by atoms with Gasteiger partial charge < -0.3 is 0 Å². The number of aryl methyl sites for hydroxylation is 2. The summed E-state index contributed by atoms with van der Waals surface area (Å²) >= 11 is 0. The van der Waals surface area contributed by atoms with E-state index in [4.69, 9.17) is 0 Å². The molecule has 22 heavy (non-hydrogen) atoms. The smallest absolute Gasteiger partial charge is 0.161 e. The third-order valence-electron chi connectivity index (χ3n) is 3.96. The Morgan fingerprint density at radius 3 is 2.73 bits per heavy atom. The molecule has 0 fully saturated rings. The van der Waals surface area contributed by atoms with Crippen LogP contribution in [0.4, 0.5) is 0 Å². The third-order valence-corrected chi connectivity index (χ3v) is 3.96. The van der Waals surface area contributed by atoms with Crippen molar-refractivity contribution in [3.63, 3.8) is 0 Å². The van der Waals surface area contributed by atoms with E-state index >= 15 is 0 Å². The summed E-state index contributed by atoms with van der Waals surface area (Å²) in [5, 5.41) is 20.6. The van der Waals surface area contributed by atoms with Crippen molar-refractivity contribution < 1.29 is 0 Å². The summed E-state index contributed by atoms with van der Waals surface area (Å²) in [6, 6.07) is 12.1. The fourth-order valence-corrected chi connectivity index (χ4v) is 2.76. The van der Waals surface area contributed by atoms with E-state index in [9.17, 15) is 5.26 Å². The van der Waals surface area contributed by atoms with Gasteiger partial charge in [0.25, 0.3) is 0 Å².